The van der Waals surface area contributed by atoms with Crippen LogP contribution in [-0.4, -0.2) is 30.3 Å². The summed E-state index contributed by atoms with van der Waals surface area (Å²) in [6.45, 7) is 0.0793. The van der Waals surface area contributed by atoms with Crippen molar-refractivity contribution in [2.45, 2.75) is 12.5 Å². The molecule has 4 nitrogen and oxygen atoms in total. The van der Waals surface area contributed by atoms with Crippen molar-refractivity contribution in [1.82, 2.24) is 10.2 Å². The lowest BCUT2D eigenvalue weighted by Gasteiger charge is -2.29. The van der Waals surface area contributed by atoms with Crippen LogP contribution < -0.4 is 5.32 Å². The number of rotatable bonds is 6. The van der Waals surface area contributed by atoms with Crippen molar-refractivity contribution in [1.29, 1.82) is 0 Å². The molecule has 2 aromatic rings. The molecule has 5 heteroatoms. The van der Waals surface area contributed by atoms with E-state index in [1.165, 1.54) is 17.0 Å². The van der Waals surface area contributed by atoms with Gasteiger partial charge in [-0.3, -0.25) is 9.59 Å². The number of hydrogen-bond donors (Lipinski definition) is 1. The Hall–Kier alpha value is -3.13. The molecule has 0 saturated heterocycles. The molecule has 0 bridgehead atoms. The maximum atomic E-state index is 13.3. The van der Waals surface area contributed by atoms with Crippen molar-refractivity contribution in [2.24, 2.45) is 0 Å². The molecule has 0 aliphatic heterocycles. The molecule has 2 amide bonds. The van der Waals surface area contributed by atoms with Crippen LogP contribution in [0.1, 0.15) is 23.6 Å². The smallest absolute Gasteiger partial charge is 0.232 e. The number of carbonyl (C=O) groups excluding carboxylic acids is 2. The van der Waals surface area contributed by atoms with Gasteiger partial charge >= 0.3 is 0 Å². The van der Waals surface area contributed by atoms with E-state index in [0.29, 0.717) is 0 Å². The van der Waals surface area contributed by atoms with Crippen molar-refractivity contribution >= 4 is 11.8 Å². The number of nitrogens with zero attached hydrogens (tertiary/aromatic N) is 1. The average molecular weight is 338 g/mol. The van der Waals surface area contributed by atoms with E-state index < -0.39 is 11.9 Å². The van der Waals surface area contributed by atoms with Gasteiger partial charge in [-0.15, -0.1) is 6.42 Å². The normalized spacial score (nSPS) is 11.2. The van der Waals surface area contributed by atoms with Crippen LogP contribution in [0.4, 0.5) is 4.39 Å². The van der Waals surface area contributed by atoms with Gasteiger partial charge in [0.2, 0.25) is 11.8 Å². The predicted octanol–water partition coefficient (Wildman–Crippen LogP) is 2.51. The minimum atomic E-state index is -0.430. The van der Waals surface area contributed by atoms with Gasteiger partial charge in [-0.25, -0.2) is 4.39 Å². The summed E-state index contributed by atoms with van der Waals surface area (Å²) in [6, 6.07) is 14.9. The SMILES string of the molecule is C#CCNC(=O)CC(=O)N(C)C(c1ccccc1)c1ccc(F)cc1. The molecule has 2 aromatic carbocycles. The second kappa shape index (κ2) is 8.65. The molecule has 0 fully saturated rings. The Morgan fingerprint density at radius 2 is 1.72 bits per heavy atom. The van der Waals surface area contributed by atoms with Gasteiger partial charge < -0.3 is 10.2 Å². The number of halogens is 1. The summed E-state index contributed by atoms with van der Waals surface area (Å²) in [5, 5.41) is 2.47. The maximum absolute atomic E-state index is 13.3. The molecule has 25 heavy (non-hydrogen) atoms. The highest BCUT2D eigenvalue weighted by atomic mass is 19.1. The molecule has 1 unspecified atom stereocenters. The Morgan fingerprint density at radius 1 is 1.12 bits per heavy atom. The quantitative estimate of drug-likeness (QED) is 0.650. The number of benzene rings is 2. The zero-order valence-electron chi connectivity index (χ0n) is 13.9. The van der Waals surface area contributed by atoms with Gasteiger partial charge in [-0.1, -0.05) is 48.4 Å². The summed E-state index contributed by atoms with van der Waals surface area (Å²) in [5.41, 5.74) is 1.63. The van der Waals surface area contributed by atoms with Gasteiger partial charge in [-0.05, 0) is 23.3 Å². The average Bonchev–Trinajstić information content (AvgIpc) is 2.62. The van der Waals surface area contributed by atoms with Crippen molar-refractivity contribution in [2.75, 3.05) is 13.6 Å². The molecule has 0 aliphatic carbocycles. The monoisotopic (exact) mass is 338 g/mol. The van der Waals surface area contributed by atoms with Gasteiger partial charge in [0.05, 0.1) is 12.6 Å². The van der Waals surface area contributed by atoms with Crippen LogP contribution in [0.2, 0.25) is 0 Å². The lowest BCUT2D eigenvalue weighted by Crippen LogP contribution is -2.36. The molecule has 0 heterocycles. The van der Waals surface area contributed by atoms with Gasteiger partial charge in [0.1, 0.15) is 12.2 Å². The number of nitrogens with one attached hydrogen (secondary N) is 1. The van der Waals surface area contributed by atoms with Crippen molar-refractivity contribution in [3.63, 3.8) is 0 Å². The van der Waals surface area contributed by atoms with E-state index in [1.807, 2.05) is 30.3 Å². The van der Waals surface area contributed by atoms with E-state index >= 15 is 0 Å². The predicted molar refractivity (Wildman–Crippen MR) is 93.9 cm³/mol. The summed E-state index contributed by atoms with van der Waals surface area (Å²) >= 11 is 0. The highest BCUT2D eigenvalue weighted by Crippen LogP contribution is 2.28. The van der Waals surface area contributed by atoms with E-state index in [4.69, 9.17) is 6.42 Å². The highest BCUT2D eigenvalue weighted by Gasteiger charge is 2.24. The molecule has 0 aliphatic rings. The summed E-state index contributed by atoms with van der Waals surface area (Å²) in [4.78, 5) is 25.7. The molecule has 0 saturated carbocycles. The Labute approximate surface area is 146 Å². The molecule has 0 radical (unpaired) electrons. The largest absolute Gasteiger partial charge is 0.345 e. The first-order chi connectivity index (χ1) is 12.0. The molecule has 128 valence electrons. The van der Waals surface area contributed by atoms with Gasteiger partial charge in [-0.2, -0.15) is 0 Å². The molecular formula is C20H19FN2O2. The van der Waals surface area contributed by atoms with E-state index in [2.05, 4.69) is 11.2 Å². The number of hydrogen-bond acceptors (Lipinski definition) is 2. The van der Waals surface area contributed by atoms with Gasteiger partial charge in [0.25, 0.3) is 0 Å². The Bertz CT molecular complexity index is 767. The Kier molecular flexibility index (Phi) is 6.30. The van der Waals surface area contributed by atoms with E-state index in [-0.39, 0.29) is 24.7 Å². The summed E-state index contributed by atoms with van der Waals surface area (Å²) in [5.74, 6) is 1.16. The third-order valence-corrected chi connectivity index (χ3v) is 3.78. The molecule has 1 N–H and O–H groups in total. The molecule has 0 aromatic heterocycles. The Balaban J connectivity index is 2.26. The van der Waals surface area contributed by atoms with Crippen LogP contribution in [0, 0.1) is 18.2 Å². The Morgan fingerprint density at radius 3 is 2.32 bits per heavy atom. The van der Waals surface area contributed by atoms with Crippen molar-refractivity contribution in [3.8, 4) is 12.3 Å². The highest BCUT2D eigenvalue weighted by molar-refractivity contribution is 5.97. The van der Waals surface area contributed by atoms with Gasteiger partial charge in [0, 0.05) is 7.05 Å². The van der Waals surface area contributed by atoms with E-state index in [1.54, 1.807) is 19.2 Å². The molecule has 2 rings (SSSR count). The van der Waals surface area contributed by atoms with Crippen LogP contribution in [0.5, 0.6) is 0 Å². The third kappa shape index (κ3) is 4.92. The lowest BCUT2D eigenvalue weighted by atomic mass is 9.97. The van der Waals surface area contributed by atoms with Crippen molar-refractivity contribution < 1.29 is 14.0 Å². The van der Waals surface area contributed by atoms with Crippen LogP contribution in [0.25, 0.3) is 0 Å². The van der Waals surface area contributed by atoms with Crippen LogP contribution in [0.15, 0.2) is 54.6 Å². The third-order valence-electron chi connectivity index (χ3n) is 3.78. The first kappa shape index (κ1) is 18.2. The number of terminal acetylenes is 1. The summed E-state index contributed by atoms with van der Waals surface area (Å²) < 4.78 is 13.3. The fourth-order valence-electron chi connectivity index (χ4n) is 2.54. The zero-order valence-corrected chi connectivity index (χ0v) is 13.9. The standard InChI is InChI=1S/C20H19FN2O2/c1-3-13-22-18(24)14-19(25)23(2)20(15-7-5-4-6-8-15)16-9-11-17(21)12-10-16/h1,4-12,20H,13-14H2,2H3,(H,22,24). The molecule has 1 atom stereocenters. The molecular weight excluding hydrogens is 319 g/mol. The zero-order chi connectivity index (χ0) is 18.2. The topological polar surface area (TPSA) is 49.4 Å². The number of amides is 2. The van der Waals surface area contributed by atoms with Crippen LogP contribution in [-0.2, 0) is 9.59 Å². The fourth-order valence-corrected chi connectivity index (χ4v) is 2.54. The second-order valence-corrected chi connectivity index (χ2v) is 5.53. The van der Waals surface area contributed by atoms with Gasteiger partial charge in [0.15, 0.2) is 0 Å². The van der Waals surface area contributed by atoms with Crippen molar-refractivity contribution in [3.05, 3.63) is 71.5 Å². The van der Waals surface area contributed by atoms with E-state index in [9.17, 15) is 14.0 Å². The minimum absolute atomic E-state index is 0.0793. The first-order valence-corrected chi connectivity index (χ1v) is 7.79. The van der Waals surface area contributed by atoms with Crippen LogP contribution >= 0.6 is 0 Å². The second-order valence-electron chi connectivity index (χ2n) is 5.53. The molecule has 0 spiro atoms. The number of carbonyl (C=O) groups is 2. The lowest BCUT2D eigenvalue weighted by molar-refractivity contribution is -0.136. The summed E-state index contributed by atoms with van der Waals surface area (Å²) in [6.07, 6.45) is 4.79. The van der Waals surface area contributed by atoms with E-state index in [0.717, 1.165) is 11.1 Å². The first-order valence-electron chi connectivity index (χ1n) is 7.79. The van der Waals surface area contributed by atoms with Crippen LogP contribution in [0.3, 0.4) is 0 Å². The summed E-state index contributed by atoms with van der Waals surface area (Å²) in [7, 11) is 1.62. The fraction of sp³-hybridized carbons (Fsp3) is 0.200. The minimum Gasteiger partial charge on any atom is -0.345 e. The maximum Gasteiger partial charge on any atom is 0.232 e.